The normalized spacial score (nSPS) is 14.1. The Bertz CT molecular complexity index is 1040. The molecule has 2 heterocycles. The highest BCUT2D eigenvalue weighted by atomic mass is 19.1. The molecule has 0 spiro atoms. The van der Waals surface area contributed by atoms with Gasteiger partial charge in [0.25, 0.3) is 0 Å². The number of methoxy groups -OCH3 is 1. The van der Waals surface area contributed by atoms with E-state index in [1.165, 1.54) is 6.20 Å². The number of nitrogens with one attached hydrogen (secondary N) is 1. The highest BCUT2D eigenvalue weighted by molar-refractivity contribution is 5.85. The predicted molar refractivity (Wildman–Crippen MR) is 119 cm³/mol. The molecule has 0 bridgehead atoms. The van der Waals surface area contributed by atoms with Crippen LogP contribution in [0.25, 0.3) is 0 Å². The van der Waals surface area contributed by atoms with Gasteiger partial charge < -0.3 is 19.7 Å². The maximum absolute atomic E-state index is 14.2. The van der Waals surface area contributed by atoms with Crippen LogP contribution >= 0.6 is 0 Å². The second kappa shape index (κ2) is 9.99. The Balaban J connectivity index is 1.45. The van der Waals surface area contributed by atoms with Crippen molar-refractivity contribution < 1.29 is 13.9 Å². The maximum atomic E-state index is 14.2. The highest BCUT2D eigenvalue weighted by Crippen LogP contribution is 2.25. The van der Waals surface area contributed by atoms with Gasteiger partial charge in [-0.15, -0.1) is 0 Å². The quantitative estimate of drug-likeness (QED) is 0.585. The van der Waals surface area contributed by atoms with Gasteiger partial charge in [0.05, 0.1) is 33.1 Å². The van der Waals surface area contributed by atoms with Gasteiger partial charge in [-0.3, -0.25) is 4.99 Å². The average molecular weight is 421 g/mol. The van der Waals surface area contributed by atoms with Crippen LogP contribution in [0.5, 0.6) is 5.75 Å². The van der Waals surface area contributed by atoms with Crippen LogP contribution in [0.15, 0.2) is 59.7 Å². The number of hydrogen-bond acceptors (Lipinski definition) is 7. The SMILES string of the molecule is COc1cc(Nc2ccccc2)ccc1C=NCc1ncc(F)c(N2CCOCC2)n1. The Morgan fingerprint density at radius 1 is 1.16 bits per heavy atom. The fourth-order valence-corrected chi connectivity index (χ4v) is 3.28. The molecule has 0 amide bonds. The molecule has 3 aromatic rings. The Hall–Kier alpha value is -3.52. The smallest absolute Gasteiger partial charge is 0.183 e. The van der Waals surface area contributed by atoms with Crippen LogP contribution in [0.3, 0.4) is 0 Å². The van der Waals surface area contributed by atoms with Crippen LogP contribution in [0.4, 0.5) is 21.6 Å². The third-order valence-electron chi connectivity index (χ3n) is 4.85. The van der Waals surface area contributed by atoms with Crippen molar-refractivity contribution in [2.24, 2.45) is 4.99 Å². The number of ether oxygens (including phenoxy) is 2. The summed E-state index contributed by atoms with van der Waals surface area (Å²) in [5.41, 5.74) is 2.74. The minimum absolute atomic E-state index is 0.241. The molecule has 2 aromatic carbocycles. The van der Waals surface area contributed by atoms with E-state index in [0.717, 1.165) is 16.9 Å². The van der Waals surface area contributed by atoms with E-state index in [1.54, 1.807) is 13.3 Å². The van der Waals surface area contributed by atoms with Crippen LogP contribution < -0.4 is 15.0 Å². The van der Waals surface area contributed by atoms with Gasteiger partial charge in [-0.2, -0.15) is 0 Å². The lowest BCUT2D eigenvalue weighted by molar-refractivity contribution is 0.122. The molecule has 0 atom stereocenters. The highest BCUT2D eigenvalue weighted by Gasteiger charge is 2.17. The second-order valence-electron chi connectivity index (χ2n) is 6.97. The Morgan fingerprint density at radius 3 is 2.74 bits per heavy atom. The topological polar surface area (TPSA) is 71.9 Å². The third-order valence-corrected chi connectivity index (χ3v) is 4.85. The molecule has 0 aliphatic carbocycles. The molecule has 0 radical (unpaired) electrons. The summed E-state index contributed by atoms with van der Waals surface area (Å²) < 4.78 is 25.0. The number of hydrogen-bond donors (Lipinski definition) is 1. The van der Waals surface area contributed by atoms with Gasteiger partial charge in [-0.05, 0) is 24.3 Å². The summed E-state index contributed by atoms with van der Waals surface area (Å²) in [6.45, 7) is 2.58. The van der Waals surface area contributed by atoms with E-state index in [-0.39, 0.29) is 6.54 Å². The molecule has 0 saturated carbocycles. The summed E-state index contributed by atoms with van der Waals surface area (Å²) in [7, 11) is 1.62. The second-order valence-corrected chi connectivity index (χ2v) is 6.97. The van der Waals surface area contributed by atoms with E-state index < -0.39 is 5.82 Å². The monoisotopic (exact) mass is 421 g/mol. The van der Waals surface area contributed by atoms with Gasteiger partial charge in [0.2, 0.25) is 0 Å². The van der Waals surface area contributed by atoms with Crippen molar-refractivity contribution in [3.05, 3.63) is 71.9 Å². The van der Waals surface area contributed by atoms with Crippen molar-refractivity contribution in [3.8, 4) is 5.75 Å². The van der Waals surface area contributed by atoms with E-state index in [1.807, 2.05) is 53.4 Å². The van der Waals surface area contributed by atoms with Crippen LogP contribution in [-0.4, -0.2) is 49.6 Å². The molecule has 4 rings (SSSR count). The predicted octanol–water partition coefficient (Wildman–Crippen LogP) is 3.82. The zero-order chi connectivity index (χ0) is 21.5. The first-order valence-corrected chi connectivity index (χ1v) is 10.1. The van der Waals surface area contributed by atoms with Gasteiger partial charge in [-0.25, -0.2) is 14.4 Å². The fraction of sp³-hybridized carbons (Fsp3) is 0.261. The van der Waals surface area contributed by atoms with Gasteiger partial charge in [0.1, 0.15) is 5.75 Å². The van der Waals surface area contributed by atoms with Gasteiger partial charge in [-0.1, -0.05) is 18.2 Å². The zero-order valence-corrected chi connectivity index (χ0v) is 17.3. The van der Waals surface area contributed by atoms with E-state index in [9.17, 15) is 4.39 Å². The van der Waals surface area contributed by atoms with Crippen molar-refractivity contribution in [2.75, 3.05) is 43.6 Å². The number of benzene rings is 2. The van der Waals surface area contributed by atoms with Gasteiger partial charge in [0.15, 0.2) is 17.5 Å². The molecule has 1 aliphatic rings. The summed E-state index contributed by atoms with van der Waals surface area (Å²) in [6, 6.07) is 15.7. The molecule has 7 nitrogen and oxygen atoms in total. The molecular formula is C23H24FN5O2. The largest absolute Gasteiger partial charge is 0.496 e. The number of aliphatic imine (C=N–C) groups is 1. The minimum atomic E-state index is -0.433. The molecule has 1 aromatic heterocycles. The first kappa shape index (κ1) is 20.7. The molecule has 160 valence electrons. The Labute approximate surface area is 180 Å². The van der Waals surface area contributed by atoms with Crippen LogP contribution in [0.2, 0.25) is 0 Å². The third kappa shape index (κ3) is 5.35. The number of rotatable bonds is 7. The van der Waals surface area contributed by atoms with Crippen molar-refractivity contribution in [1.29, 1.82) is 0 Å². The standard InChI is InChI=1S/C23H24FN5O2/c1-30-21-13-19(27-18-5-3-2-4-6-18)8-7-17(21)14-25-16-22-26-15-20(24)23(28-22)29-9-11-31-12-10-29/h2-8,13-15,27H,9-12,16H2,1H3. The number of morpholine rings is 1. The Morgan fingerprint density at radius 2 is 1.97 bits per heavy atom. The van der Waals surface area contributed by atoms with E-state index in [0.29, 0.717) is 43.7 Å². The van der Waals surface area contributed by atoms with Crippen molar-refractivity contribution in [1.82, 2.24) is 9.97 Å². The first-order chi connectivity index (χ1) is 15.2. The molecule has 31 heavy (non-hydrogen) atoms. The van der Waals surface area contributed by atoms with Crippen molar-refractivity contribution in [3.63, 3.8) is 0 Å². The summed E-state index contributed by atoms with van der Waals surface area (Å²) >= 11 is 0. The molecule has 1 fully saturated rings. The van der Waals surface area contributed by atoms with Crippen molar-refractivity contribution >= 4 is 23.4 Å². The summed E-state index contributed by atoms with van der Waals surface area (Å²) in [6.07, 6.45) is 2.92. The zero-order valence-electron chi connectivity index (χ0n) is 17.3. The minimum Gasteiger partial charge on any atom is -0.496 e. The summed E-state index contributed by atoms with van der Waals surface area (Å²) in [4.78, 5) is 14.7. The van der Waals surface area contributed by atoms with E-state index >= 15 is 0 Å². The lowest BCUT2D eigenvalue weighted by Gasteiger charge is -2.28. The lowest BCUT2D eigenvalue weighted by atomic mass is 10.2. The molecule has 0 unspecified atom stereocenters. The number of halogens is 1. The number of aromatic nitrogens is 2. The van der Waals surface area contributed by atoms with Crippen LogP contribution in [0.1, 0.15) is 11.4 Å². The lowest BCUT2D eigenvalue weighted by Crippen LogP contribution is -2.37. The van der Waals surface area contributed by atoms with Gasteiger partial charge >= 0.3 is 0 Å². The first-order valence-electron chi connectivity index (χ1n) is 10.1. The maximum Gasteiger partial charge on any atom is 0.183 e. The van der Waals surface area contributed by atoms with Crippen LogP contribution in [-0.2, 0) is 11.3 Å². The van der Waals surface area contributed by atoms with Crippen LogP contribution in [0, 0.1) is 5.82 Å². The molecule has 8 heteroatoms. The summed E-state index contributed by atoms with van der Waals surface area (Å²) in [5, 5.41) is 3.34. The fourth-order valence-electron chi connectivity index (χ4n) is 3.28. The number of anilines is 3. The van der Waals surface area contributed by atoms with Gasteiger partial charge in [0, 0.05) is 42.3 Å². The van der Waals surface area contributed by atoms with E-state index in [4.69, 9.17) is 9.47 Å². The van der Waals surface area contributed by atoms with E-state index in [2.05, 4.69) is 20.3 Å². The molecular weight excluding hydrogens is 397 g/mol. The Kier molecular flexibility index (Phi) is 6.68. The average Bonchev–Trinajstić information content (AvgIpc) is 2.82. The summed E-state index contributed by atoms with van der Waals surface area (Å²) in [5.74, 6) is 1.02. The molecule has 1 aliphatic heterocycles. The van der Waals surface area contributed by atoms with Crippen molar-refractivity contribution in [2.45, 2.75) is 6.54 Å². The molecule has 1 saturated heterocycles. The molecule has 1 N–H and O–H groups in total. The number of para-hydroxylation sites is 1. The number of nitrogens with zero attached hydrogens (tertiary/aromatic N) is 4.